The molecule has 26 heavy (non-hydrogen) atoms. The topological polar surface area (TPSA) is 124 Å². The molecule has 1 rings (SSSR count). The van der Waals surface area contributed by atoms with Gasteiger partial charge in [-0.1, -0.05) is 30.3 Å². The Hall–Kier alpha value is -2.61. The molecular weight excluding hydrogens is 342 g/mol. The van der Waals surface area contributed by atoms with Crippen LogP contribution in [0.15, 0.2) is 30.3 Å². The molecular formula is C18H27NO7. The molecule has 3 N–H and O–H groups in total. The molecule has 1 aromatic carbocycles. The van der Waals surface area contributed by atoms with Gasteiger partial charge in [0, 0.05) is 7.05 Å². The molecule has 0 aliphatic carbocycles. The van der Waals surface area contributed by atoms with Crippen molar-refractivity contribution in [3.63, 3.8) is 0 Å². The minimum atomic E-state index is -1.79. The third-order valence-electron chi connectivity index (χ3n) is 3.37. The maximum absolute atomic E-state index is 11.3. The Bertz CT molecular complexity index is 620. The maximum atomic E-state index is 11.3. The molecule has 0 bridgehead atoms. The monoisotopic (exact) mass is 369 g/mol. The zero-order valence-corrected chi connectivity index (χ0v) is 15.9. The van der Waals surface area contributed by atoms with Crippen LogP contribution >= 0.6 is 0 Å². The molecule has 0 heterocycles. The van der Waals surface area contributed by atoms with Gasteiger partial charge in [-0.05, 0) is 40.2 Å². The average Bonchev–Trinajstić information content (AvgIpc) is 2.53. The van der Waals surface area contributed by atoms with Crippen molar-refractivity contribution in [1.29, 1.82) is 0 Å². The molecule has 0 unspecified atom stereocenters. The van der Waals surface area contributed by atoms with Gasteiger partial charge in [0.2, 0.25) is 0 Å². The van der Waals surface area contributed by atoms with Gasteiger partial charge in [0.15, 0.2) is 5.60 Å². The fraction of sp³-hybridized carbons (Fsp3) is 0.500. The lowest BCUT2D eigenvalue weighted by molar-refractivity contribution is -0.157. The Labute approximate surface area is 153 Å². The summed E-state index contributed by atoms with van der Waals surface area (Å²) in [4.78, 5) is 33.5. The molecule has 146 valence electrons. The lowest BCUT2D eigenvalue weighted by Gasteiger charge is -2.26. The number of carbonyl (C=O) groups is 3. The third-order valence-corrected chi connectivity index (χ3v) is 3.37. The van der Waals surface area contributed by atoms with E-state index in [-0.39, 0.29) is 0 Å². The lowest BCUT2D eigenvalue weighted by Crippen LogP contribution is -2.43. The lowest BCUT2D eigenvalue weighted by atomic mass is 9.97. The second-order valence-electron chi connectivity index (χ2n) is 6.85. The zero-order valence-electron chi connectivity index (χ0n) is 15.9. The van der Waals surface area contributed by atoms with Gasteiger partial charge in [-0.3, -0.25) is 4.90 Å². The highest BCUT2D eigenvalue weighted by atomic mass is 16.6. The van der Waals surface area contributed by atoms with E-state index in [2.05, 4.69) is 0 Å². The van der Waals surface area contributed by atoms with Crippen molar-refractivity contribution in [2.24, 2.45) is 0 Å². The van der Waals surface area contributed by atoms with Gasteiger partial charge >= 0.3 is 18.0 Å². The molecule has 0 radical (unpaired) electrons. The maximum Gasteiger partial charge on any atom is 0.410 e. The van der Waals surface area contributed by atoms with E-state index in [9.17, 15) is 19.5 Å². The van der Waals surface area contributed by atoms with E-state index >= 15 is 0 Å². The summed E-state index contributed by atoms with van der Waals surface area (Å²) >= 11 is 0. The minimum absolute atomic E-state index is 0.387. The van der Waals surface area contributed by atoms with Crippen molar-refractivity contribution in [1.82, 2.24) is 4.90 Å². The average molecular weight is 369 g/mol. The summed E-state index contributed by atoms with van der Waals surface area (Å²) in [7, 11) is 1.40. The molecule has 2 atom stereocenters. The van der Waals surface area contributed by atoms with Crippen LogP contribution in [0.4, 0.5) is 4.79 Å². The molecule has 0 saturated heterocycles. The highest BCUT2D eigenvalue weighted by Gasteiger charge is 2.31. The number of ether oxygens (including phenoxy) is 1. The van der Waals surface area contributed by atoms with Crippen LogP contribution in [0.5, 0.6) is 0 Å². The van der Waals surface area contributed by atoms with Crippen molar-refractivity contribution >= 4 is 18.0 Å². The van der Waals surface area contributed by atoms with E-state index in [1.54, 1.807) is 51.1 Å². The quantitative estimate of drug-likeness (QED) is 0.744. The highest BCUT2D eigenvalue weighted by Crippen LogP contribution is 2.19. The van der Waals surface area contributed by atoms with Crippen LogP contribution in [0.2, 0.25) is 0 Å². The van der Waals surface area contributed by atoms with Crippen LogP contribution in [0.1, 0.15) is 40.2 Å². The van der Waals surface area contributed by atoms with Crippen LogP contribution in [0.25, 0.3) is 0 Å². The number of nitrogens with zero attached hydrogens (tertiary/aromatic N) is 1. The van der Waals surface area contributed by atoms with Crippen molar-refractivity contribution in [2.45, 2.75) is 51.9 Å². The normalized spacial score (nSPS) is 14.1. The summed E-state index contributed by atoms with van der Waals surface area (Å²) in [5, 5.41) is 26.8. The van der Waals surface area contributed by atoms with E-state index in [0.29, 0.717) is 5.56 Å². The van der Waals surface area contributed by atoms with Gasteiger partial charge in [0.1, 0.15) is 11.6 Å². The molecule has 0 aromatic heterocycles. The molecule has 0 saturated carbocycles. The van der Waals surface area contributed by atoms with Gasteiger partial charge in [-0.25, -0.2) is 14.4 Å². The molecule has 8 heteroatoms. The molecule has 0 aliphatic heterocycles. The van der Waals surface area contributed by atoms with Gasteiger partial charge in [0.25, 0.3) is 0 Å². The van der Waals surface area contributed by atoms with Gasteiger partial charge in [0.05, 0.1) is 0 Å². The number of carbonyl (C=O) groups excluding carboxylic acids is 1. The predicted octanol–water partition coefficient (Wildman–Crippen LogP) is 2.31. The third kappa shape index (κ3) is 7.52. The number of carboxylic acid groups (broad SMARTS) is 2. The number of carboxylic acids is 2. The number of benzene rings is 1. The van der Waals surface area contributed by atoms with Gasteiger partial charge < -0.3 is 20.1 Å². The minimum Gasteiger partial charge on any atom is -0.480 e. The van der Waals surface area contributed by atoms with E-state index < -0.39 is 35.3 Å². The van der Waals surface area contributed by atoms with Crippen molar-refractivity contribution < 1.29 is 34.4 Å². The zero-order chi connectivity index (χ0) is 20.7. The fourth-order valence-electron chi connectivity index (χ4n) is 1.54. The molecule has 8 nitrogen and oxygen atoms in total. The van der Waals surface area contributed by atoms with E-state index in [1.165, 1.54) is 20.9 Å². The van der Waals surface area contributed by atoms with E-state index in [1.807, 2.05) is 0 Å². The first-order chi connectivity index (χ1) is 11.7. The van der Waals surface area contributed by atoms with Crippen LogP contribution < -0.4 is 0 Å². The first-order valence-corrected chi connectivity index (χ1v) is 7.90. The summed E-state index contributed by atoms with van der Waals surface area (Å²) in [5.41, 5.74) is -2.01. The summed E-state index contributed by atoms with van der Waals surface area (Å²) < 4.78 is 4.99. The van der Waals surface area contributed by atoms with Crippen LogP contribution in [-0.2, 0) is 19.9 Å². The molecule has 0 aliphatic rings. The van der Waals surface area contributed by atoms with E-state index in [4.69, 9.17) is 14.9 Å². The largest absolute Gasteiger partial charge is 0.480 e. The number of rotatable bonds is 4. The van der Waals surface area contributed by atoms with Crippen molar-refractivity contribution in [3.05, 3.63) is 35.9 Å². The Morgan fingerprint density at radius 1 is 1.04 bits per heavy atom. The molecule has 0 fully saturated rings. The fourth-order valence-corrected chi connectivity index (χ4v) is 1.54. The van der Waals surface area contributed by atoms with Crippen LogP contribution in [-0.4, -0.2) is 56.9 Å². The van der Waals surface area contributed by atoms with Crippen molar-refractivity contribution in [2.75, 3.05) is 7.05 Å². The Balaban J connectivity index is 0.000000485. The molecule has 0 spiro atoms. The summed E-state index contributed by atoms with van der Waals surface area (Å²) in [5.74, 6) is -2.30. The Morgan fingerprint density at radius 3 is 1.85 bits per heavy atom. The summed E-state index contributed by atoms with van der Waals surface area (Å²) in [6.07, 6.45) is -0.632. The number of hydrogen-bond acceptors (Lipinski definition) is 5. The number of aliphatic hydroxyl groups is 1. The van der Waals surface area contributed by atoms with Crippen molar-refractivity contribution in [3.8, 4) is 0 Å². The first kappa shape index (κ1) is 23.4. The highest BCUT2D eigenvalue weighted by molar-refractivity contribution is 5.79. The summed E-state index contributed by atoms with van der Waals surface area (Å²) in [6, 6.07) is 7.41. The molecule has 1 aromatic rings. The SMILES string of the molecule is C[C@@H](C(=O)O)N(C)C(=O)OC(C)(C)C.C[C@@](O)(C(=O)O)c1ccccc1. The first-order valence-electron chi connectivity index (χ1n) is 7.90. The number of hydrogen-bond donors (Lipinski definition) is 3. The second kappa shape index (κ2) is 9.19. The predicted molar refractivity (Wildman–Crippen MR) is 94.7 cm³/mol. The van der Waals surface area contributed by atoms with Crippen LogP contribution in [0, 0.1) is 0 Å². The Morgan fingerprint density at radius 2 is 1.50 bits per heavy atom. The standard InChI is InChI=1S/C9H17NO4.C9H10O3/c1-6(7(11)12)10(5)8(13)14-9(2,3)4;1-9(12,8(10)11)7-5-3-2-4-6-7/h6H,1-5H3,(H,11,12);2-6,12H,1H3,(H,10,11)/t6-;9-/m00/s1. The number of amides is 1. The van der Waals surface area contributed by atoms with E-state index in [0.717, 1.165) is 4.90 Å². The number of aliphatic carboxylic acids is 2. The van der Waals surface area contributed by atoms with Gasteiger partial charge in [-0.15, -0.1) is 0 Å². The molecule has 1 amide bonds. The second-order valence-corrected chi connectivity index (χ2v) is 6.85. The van der Waals surface area contributed by atoms with Gasteiger partial charge in [-0.2, -0.15) is 0 Å². The summed E-state index contributed by atoms with van der Waals surface area (Å²) in [6.45, 7) is 7.86. The van der Waals surface area contributed by atoms with Crippen LogP contribution in [0.3, 0.4) is 0 Å². The number of likely N-dealkylation sites (N-methyl/N-ethyl adjacent to an activating group) is 1. The smallest absolute Gasteiger partial charge is 0.410 e. The Kier molecular flexibility index (Phi) is 8.27.